The van der Waals surface area contributed by atoms with E-state index >= 15 is 0 Å². The van der Waals surface area contributed by atoms with Gasteiger partial charge in [-0.3, -0.25) is 4.79 Å². The van der Waals surface area contributed by atoms with Crippen LogP contribution in [0.5, 0.6) is 0 Å². The lowest BCUT2D eigenvalue weighted by atomic mass is 10.3. The fraction of sp³-hybridized carbons (Fsp3) is 0.333. The van der Waals surface area contributed by atoms with Crippen molar-refractivity contribution in [1.29, 1.82) is 0 Å². The van der Waals surface area contributed by atoms with Gasteiger partial charge in [0.05, 0.1) is 0 Å². The van der Waals surface area contributed by atoms with Gasteiger partial charge in [-0.15, -0.1) is 11.8 Å². The first kappa shape index (κ1) is 11.0. The standard InChI is InChI=1S/C9H12N2O2S/c1-6(12)9(13)11-8-5-7(14-2)3-4-10-8/h3-6,12H,1-2H3,(H,10,11,13). The van der Waals surface area contributed by atoms with Crippen LogP contribution in [-0.4, -0.2) is 28.4 Å². The third-order valence-corrected chi connectivity index (χ3v) is 2.32. The second-order valence-electron chi connectivity index (χ2n) is 2.75. The molecule has 0 aliphatic carbocycles. The molecule has 0 saturated carbocycles. The van der Waals surface area contributed by atoms with Gasteiger partial charge in [-0.1, -0.05) is 0 Å². The van der Waals surface area contributed by atoms with E-state index < -0.39 is 12.0 Å². The summed E-state index contributed by atoms with van der Waals surface area (Å²) in [6.45, 7) is 1.41. The summed E-state index contributed by atoms with van der Waals surface area (Å²) in [6.07, 6.45) is 2.54. The molecule has 0 fully saturated rings. The average Bonchev–Trinajstić information content (AvgIpc) is 2.18. The number of amides is 1. The van der Waals surface area contributed by atoms with E-state index in [9.17, 15) is 4.79 Å². The normalized spacial score (nSPS) is 12.2. The van der Waals surface area contributed by atoms with E-state index in [4.69, 9.17) is 5.11 Å². The van der Waals surface area contributed by atoms with Gasteiger partial charge in [-0.25, -0.2) is 4.98 Å². The first-order valence-electron chi connectivity index (χ1n) is 4.12. The molecule has 2 N–H and O–H groups in total. The van der Waals surface area contributed by atoms with Crippen molar-refractivity contribution in [3.63, 3.8) is 0 Å². The van der Waals surface area contributed by atoms with Gasteiger partial charge in [0.2, 0.25) is 0 Å². The Labute approximate surface area is 86.7 Å². The molecule has 1 rings (SSSR count). The Morgan fingerprint density at radius 1 is 1.71 bits per heavy atom. The molecule has 1 aromatic heterocycles. The third kappa shape index (κ3) is 3.01. The molecule has 1 heterocycles. The van der Waals surface area contributed by atoms with Crippen LogP contribution >= 0.6 is 11.8 Å². The number of thioether (sulfide) groups is 1. The summed E-state index contributed by atoms with van der Waals surface area (Å²) in [5, 5.41) is 11.5. The maximum atomic E-state index is 11.1. The molecule has 1 unspecified atom stereocenters. The van der Waals surface area contributed by atoms with Crippen molar-refractivity contribution in [1.82, 2.24) is 4.98 Å². The zero-order valence-corrected chi connectivity index (χ0v) is 8.84. The fourth-order valence-electron chi connectivity index (χ4n) is 0.837. The molecule has 0 aromatic carbocycles. The van der Waals surface area contributed by atoms with Crippen LogP contribution in [0.15, 0.2) is 23.2 Å². The van der Waals surface area contributed by atoms with Crippen LogP contribution in [0.4, 0.5) is 5.82 Å². The van der Waals surface area contributed by atoms with E-state index in [-0.39, 0.29) is 0 Å². The van der Waals surface area contributed by atoms with Crippen molar-refractivity contribution in [3.05, 3.63) is 18.3 Å². The predicted molar refractivity (Wildman–Crippen MR) is 56.3 cm³/mol. The van der Waals surface area contributed by atoms with Crippen LogP contribution in [0.25, 0.3) is 0 Å². The van der Waals surface area contributed by atoms with Crippen molar-refractivity contribution in [2.75, 3.05) is 11.6 Å². The van der Waals surface area contributed by atoms with Crippen LogP contribution < -0.4 is 5.32 Å². The fourth-order valence-corrected chi connectivity index (χ4v) is 1.26. The molecular weight excluding hydrogens is 200 g/mol. The van der Waals surface area contributed by atoms with Crippen LogP contribution in [0.3, 0.4) is 0 Å². The molecule has 0 spiro atoms. The Morgan fingerprint density at radius 2 is 2.43 bits per heavy atom. The molecular formula is C9H12N2O2S. The second kappa shape index (κ2) is 4.97. The summed E-state index contributed by atoms with van der Waals surface area (Å²) >= 11 is 1.56. The van der Waals surface area contributed by atoms with Crippen LogP contribution in [-0.2, 0) is 4.79 Å². The Morgan fingerprint density at radius 3 is 3.00 bits per heavy atom. The summed E-state index contributed by atoms with van der Waals surface area (Å²) in [6, 6.07) is 3.60. The number of pyridine rings is 1. The minimum atomic E-state index is -1.02. The Kier molecular flexibility index (Phi) is 3.91. The van der Waals surface area contributed by atoms with Crippen molar-refractivity contribution in [2.45, 2.75) is 17.9 Å². The number of hydrogen-bond acceptors (Lipinski definition) is 4. The van der Waals surface area contributed by atoms with Gasteiger partial charge in [-0.05, 0) is 25.3 Å². The van der Waals surface area contributed by atoms with E-state index in [0.29, 0.717) is 5.82 Å². The molecule has 1 amide bonds. The summed E-state index contributed by atoms with van der Waals surface area (Å²) in [5.41, 5.74) is 0. The van der Waals surface area contributed by atoms with Gasteiger partial charge in [0.1, 0.15) is 11.9 Å². The zero-order chi connectivity index (χ0) is 10.6. The van der Waals surface area contributed by atoms with Crippen molar-refractivity contribution in [3.8, 4) is 0 Å². The molecule has 0 saturated heterocycles. The maximum Gasteiger partial charge on any atom is 0.254 e. The molecule has 0 aliphatic rings. The first-order valence-corrected chi connectivity index (χ1v) is 5.35. The Bertz CT molecular complexity index is 328. The monoisotopic (exact) mass is 212 g/mol. The number of nitrogens with one attached hydrogen (secondary N) is 1. The molecule has 4 nitrogen and oxygen atoms in total. The highest BCUT2D eigenvalue weighted by atomic mass is 32.2. The molecule has 0 aliphatic heterocycles. The van der Waals surface area contributed by atoms with Crippen LogP contribution in [0.2, 0.25) is 0 Å². The number of anilines is 1. The smallest absolute Gasteiger partial charge is 0.254 e. The first-order chi connectivity index (χ1) is 6.63. The van der Waals surface area contributed by atoms with E-state index in [1.165, 1.54) is 6.92 Å². The molecule has 5 heteroatoms. The Hall–Kier alpha value is -1.07. The number of hydrogen-bond donors (Lipinski definition) is 2. The average molecular weight is 212 g/mol. The largest absolute Gasteiger partial charge is 0.384 e. The van der Waals surface area contributed by atoms with Gasteiger partial charge in [0.15, 0.2) is 0 Å². The maximum absolute atomic E-state index is 11.1. The topological polar surface area (TPSA) is 62.2 Å². The number of carbonyl (C=O) groups is 1. The van der Waals surface area contributed by atoms with Crippen LogP contribution in [0.1, 0.15) is 6.92 Å². The van der Waals surface area contributed by atoms with Crippen molar-refractivity contribution in [2.24, 2.45) is 0 Å². The summed E-state index contributed by atoms with van der Waals surface area (Å²) < 4.78 is 0. The summed E-state index contributed by atoms with van der Waals surface area (Å²) in [4.78, 5) is 16.1. The van der Waals surface area contributed by atoms with E-state index in [1.54, 1.807) is 24.0 Å². The minimum absolute atomic E-state index is 0.448. The number of carbonyl (C=O) groups excluding carboxylic acids is 1. The van der Waals surface area contributed by atoms with E-state index in [0.717, 1.165) is 4.90 Å². The van der Waals surface area contributed by atoms with Gasteiger partial charge in [-0.2, -0.15) is 0 Å². The summed E-state index contributed by atoms with van der Waals surface area (Å²) in [5.74, 6) is 0.0125. The van der Waals surface area contributed by atoms with E-state index in [2.05, 4.69) is 10.3 Å². The third-order valence-electron chi connectivity index (χ3n) is 1.60. The van der Waals surface area contributed by atoms with Crippen LogP contribution in [0, 0.1) is 0 Å². The summed E-state index contributed by atoms with van der Waals surface area (Å²) in [7, 11) is 0. The molecule has 1 aromatic rings. The number of aliphatic hydroxyl groups excluding tert-OH is 1. The minimum Gasteiger partial charge on any atom is -0.384 e. The highest BCUT2D eigenvalue weighted by Crippen LogP contribution is 2.16. The Balaban J connectivity index is 2.72. The highest BCUT2D eigenvalue weighted by molar-refractivity contribution is 7.98. The van der Waals surface area contributed by atoms with Crippen molar-refractivity contribution >= 4 is 23.5 Å². The lowest BCUT2D eigenvalue weighted by Crippen LogP contribution is -2.24. The number of nitrogens with zero attached hydrogens (tertiary/aromatic N) is 1. The number of aromatic nitrogens is 1. The number of aliphatic hydroxyl groups is 1. The molecule has 76 valence electrons. The zero-order valence-electron chi connectivity index (χ0n) is 8.02. The SMILES string of the molecule is CSc1ccnc(NC(=O)C(C)O)c1. The van der Waals surface area contributed by atoms with Gasteiger partial charge in [0.25, 0.3) is 5.91 Å². The van der Waals surface area contributed by atoms with E-state index in [1.807, 2.05) is 12.3 Å². The lowest BCUT2D eigenvalue weighted by molar-refractivity contribution is -0.123. The quantitative estimate of drug-likeness (QED) is 0.737. The molecule has 0 bridgehead atoms. The highest BCUT2D eigenvalue weighted by Gasteiger charge is 2.09. The van der Waals surface area contributed by atoms with Gasteiger partial charge in [0, 0.05) is 11.1 Å². The lowest BCUT2D eigenvalue weighted by Gasteiger charge is -2.06. The molecule has 14 heavy (non-hydrogen) atoms. The second-order valence-corrected chi connectivity index (χ2v) is 3.63. The number of rotatable bonds is 3. The van der Waals surface area contributed by atoms with Crippen molar-refractivity contribution < 1.29 is 9.90 Å². The van der Waals surface area contributed by atoms with Gasteiger partial charge >= 0.3 is 0 Å². The molecule has 0 radical (unpaired) electrons. The molecule has 1 atom stereocenters. The van der Waals surface area contributed by atoms with Gasteiger partial charge < -0.3 is 10.4 Å². The predicted octanol–water partition coefficient (Wildman–Crippen LogP) is 1.12.